The van der Waals surface area contributed by atoms with Crippen LogP contribution in [0.2, 0.25) is 0 Å². The highest BCUT2D eigenvalue weighted by atomic mass is 16.5. The highest BCUT2D eigenvalue weighted by Gasteiger charge is 2.26. The van der Waals surface area contributed by atoms with Gasteiger partial charge in [-0.3, -0.25) is 4.79 Å². The van der Waals surface area contributed by atoms with Crippen molar-refractivity contribution in [2.45, 2.75) is 20.3 Å². The lowest BCUT2D eigenvalue weighted by atomic mass is 9.92. The number of fused-ring (bicyclic) bond motifs is 1. The molecule has 1 aliphatic carbocycles. The number of carbonyl (C=O) groups excluding carboxylic acids is 1. The molecule has 0 aliphatic heterocycles. The number of anilines is 1. The van der Waals surface area contributed by atoms with Gasteiger partial charge in [0.25, 0.3) is 0 Å². The number of allylic oxidation sites excluding steroid dienone is 1. The van der Waals surface area contributed by atoms with Crippen molar-refractivity contribution in [1.29, 1.82) is 0 Å². The molecule has 2 aromatic carbocycles. The minimum absolute atomic E-state index is 0. The number of nitrogen functional groups attached to an aromatic ring is 1. The summed E-state index contributed by atoms with van der Waals surface area (Å²) in [6.07, 6.45) is 2.58. The fraction of sp³-hybridized carbons (Fsp3) is 0.318. The fourth-order valence-electron chi connectivity index (χ4n) is 3.40. The normalized spacial score (nSPS) is 12.9. The van der Waals surface area contributed by atoms with Gasteiger partial charge in [0, 0.05) is 12.0 Å². The van der Waals surface area contributed by atoms with Crippen LogP contribution in [0.3, 0.4) is 0 Å². The van der Waals surface area contributed by atoms with Gasteiger partial charge in [-0.05, 0) is 47.4 Å². The van der Waals surface area contributed by atoms with Crippen LogP contribution in [0.4, 0.5) is 5.69 Å². The summed E-state index contributed by atoms with van der Waals surface area (Å²) in [5.41, 5.74) is 9.93. The molecule has 6 heteroatoms. The van der Waals surface area contributed by atoms with E-state index in [2.05, 4.69) is 0 Å². The molecule has 0 bridgehead atoms. The summed E-state index contributed by atoms with van der Waals surface area (Å²) in [6, 6.07) is 7.35. The molecule has 150 valence electrons. The second-order valence-electron chi connectivity index (χ2n) is 6.15. The lowest BCUT2D eigenvalue weighted by Crippen LogP contribution is -2.03. The minimum Gasteiger partial charge on any atom is -0.495 e. The van der Waals surface area contributed by atoms with Gasteiger partial charge in [-0.1, -0.05) is 13.5 Å². The van der Waals surface area contributed by atoms with Gasteiger partial charge in [-0.15, -0.1) is 0 Å². The highest BCUT2D eigenvalue weighted by molar-refractivity contribution is 6.03. The van der Waals surface area contributed by atoms with Crippen LogP contribution in [0, 0.1) is 0 Å². The largest absolute Gasteiger partial charge is 0.495 e. The van der Waals surface area contributed by atoms with E-state index in [1.807, 2.05) is 12.1 Å². The predicted octanol–water partition coefficient (Wildman–Crippen LogP) is 3.89. The molecule has 0 unspecified atom stereocenters. The van der Waals surface area contributed by atoms with Gasteiger partial charge >= 0.3 is 0 Å². The summed E-state index contributed by atoms with van der Waals surface area (Å²) in [5, 5.41) is 0. The van der Waals surface area contributed by atoms with E-state index in [0.29, 0.717) is 41.5 Å². The number of carbonyl (C=O) groups is 1. The van der Waals surface area contributed by atoms with Crippen molar-refractivity contribution in [3.63, 3.8) is 0 Å². The Morgan fingerprint density at radius 2 is 1.54 bits per heavy atom. The molecule has 0 amide bonds. The van der Waals surface area contributed by atoms with Crippen molar-refractivity contribution in [3.8, 4) is 23.0 Å². The van der Waals surface area contributed by atoms with E-state index in [9.17, 15) is 4.79 Å². The Bertz CT molecular complexity index is 918. The molecule has 0 saturated heterocycles. The van der Waals surface area contributed by atoms with E-state index in [1.54, 1.807) is 46.6 Å². The zero-order valence-corrected chi connectivity index (χ0v) is 15.9. The Morgan fingerprint density at radius 1 is 0.857 bits per heavy atom. The third kappa shape index (κ3) is 3.63. The molecule has 2 aromatic rings. The lowest BCUT2D eigenvalue weighted by molar-refractivity contribution is -0.114. The molecule has 0 fully saturated rings. The van der Waals surface area contributed by atoms with Crippen molar-refractivity contribution in [2.75, 3.05) is 34.2 Å². The first-order valence-corrected chi connectivity index (χ1v) is 8.54. The van der Waals surface area contributed by atoms with E-state index in [0.717, 1.165) is 22.3 Å². The maximum atomic E-state index is 12.4. The van der Waals surface area contributed by atoms with Crippen LogP contribution in [-0.4, -0.2) is 34.2 Å². The molecule has 0 heterocycles. The number of benzene rings is 2. The van der Waals surface area contributed by atoms with Crippen molar-refractivity contribution in [2.24, 2.45) is 0 Å². The van der Waals surface area contributed by atoms with Crippen molar-refractivity contribution < 1.29 is 23.7 Å². The topological polar surface area (TPSA) is 80.0 Å². The number of hydrogen-bond acceptors (Lipinski definition) is 6. The van der Waals surface area contributed by atoms with Crippen LogP contribution in [0.5, 0.6) is 23.0 Å². The SMILES string of the molecule is C.COc1ccc(C2=CC(=O)CCc3c2cc(OC)c(OC)c3OC)cc1N. The molecule has 1 aliphatic rings. The molecule has 2 N–H and O–H groups in total. The number of nitrogens with two attached hydrogens (primary N) is 1. The molecular formula is C22H27NO5. The van der Waals surface area contributed by atoms with Crippen molar-refractivity contribution >= 4 is 17.0 Å². The average Bonchev–Trinajstić information content (AvgIpc) is 2.85. The smallest absolute Gasteiger partial charge is 0.203 e. The summed E-state index contributed by atoms with van der Waals surface area (Å²) >= 11 is 0. The Labute approximate surface area is 165 Å². The Hall–Kier alpha value is -3.15. The quantitative estimate of drug-likeness (QED) is 0.787. The molecule has 0 aromatic heterocycles. The van der Waals surface area contributed by atoms with Crippen molar-refractivity contribution in [1.82, 2.24) is 0 Å². The third-order valence-electron chi connectivity index (χ3n) is 4.69. The monoisotopic (exact) mass is 385 g/mol. The molecule has 0 atom stereocenters. The summed E-state index contributed by atoms with van der Waals surface area (Å²) in [5.74, 6) is 2.26. The van der Waals surface area contributed by atoms with Crippen LogP contribution in [-0.2, 0) is 11.2 Å². The van der Waals surface area contributed by atoms with Gasteiger partial charge in [0.1, 0.15) is 5.75 Å². The summed E-state index contributed by atoms with van der Waals surface area (Å²) in [7, 11) is 6.28. The second-order valence-corrected chi connectivity index (χ2v) is 6.15. The average molecular weight is 385 g/mol. The summed E-state index contributed by atoms with van der Waals surface area (Å²) in [4.78, 5) is 12.4. The van der Waals surface area contributed by atoms with Gasteiger partial charge in [0.15, 0.2) is 17.3 Å². The fourth-order valence-corrected chi connectivity index (χ4v) is 3.40. The van der Waals surface area contributed by atoms with Gasteiger partial charge in [0.2, 0.25) is 5.75 Å². The highest BCUT2D eigenvalue weighted by Crippen LogP contribution is 2.46. The number of ketones is 1. The molecular weight excluding hydrogens is 358 g/mol. The molecule has 0 spiro atoms. The maximum absolute atomic E-state index is 12.4. The molecule has 0 radical (unpaired) electrons. The van der Waals surface area contributed by atoms with Crippen LogP contribution >= 0.6 is 0 Å². The predicted molar refractivity (Wildman–Crippen MR) is 111 cm³/mol. The van der Waals surface area contributed by atoms with E-state index < -0.39 is 0 Å². The van der Waals surface area contributed by atoms with E-state index in [4.69, 9.17) is 24.7 Å². The van der Waals surface area contributed by atoms with Gasteiger partial charge in [-0.2, -0.15) is 0 Å². The number of hydrogen-bond donors (Lipinski definition) is 1. The first-order chi connectivity index (χ1) is 13.0. The Balaban J connectivity index is 0.00000280. The second kappa shape index (κ2) is 8.69. The molecule has 6 nitrogen and oxygen atoms in total. The lowest BCUT2D eigenvalue weighted by Gasteiger charge is -2.20. The maximum Gasteiger partial charge on any atom is 0.203 e. The third-order valence-corrected chi connectivity index (χ3v) is 4.69. The van der Waals surface area contributed by atoms with Crippen LogP contribution in [0.25, 0.3) is 5.57 Å². The summed E-state index contributed by atoms with van der Waals surface area (Å²) in [6.45, 7) is 0. The number of ether oxygens (including phenoxy) is 4. The standard InChI is InChI=1S/C21H23NO5.CH4/c1-24-18-8-5-12(9-17(18)22)15-10-13(23)6-7-14-16(15)11-19(25-2)21(27-4)20(14)26-3;/h5,8-11H,6-7,22H2,1-4H3;1H4. The first-order valence-electron chi connectivity index (χ1n) is 8.54. The van der Waals surface area contributed by atoms with Crippen LogP contribution < -0.4 is 24.7 Å². The number of methoxy groups -OCH3 is 4. The number of rotatable bonds is 5. The first kappa shape index (κ1) is 21.2. The van der Waals surface area contributed by atoms with E-state index >= 15 is 0 Å². The molecule has 28 heavy (non-hydrogen) atoms. The van der Waals surface area contributed by atoms with E-state index in [-0.39, 0.29) is 13.2 Å². The van der Waals surface area contributed by atoms with Crippen LogP contribution in [0.1, 0.15) is 30.5 Å². The molecule has 0 saturated carbocycles. The van der Waals surface area contributed by atoms with Gasteiger partial charge in [0.05, 0.1) is 34.1 Å². The van der Waals surface area contributed by atoms with Crippen LogP contribution in [0.15, 0.2) is 30.3 Å². The Morgan fingerprint density at radius 3 is 2.11 bits per heavy atom. The zero-order valence-electron chi connectivity index (χ0n) is 15.9. The van der Waals surface area contributed by atoms with E-state index in [1.165, 1.54) is 0 Å². The van der Waals surface area contributed by atoms with Crippen molar-refractivity contribution in [3.05, 3.63) is 47.0 Å². The molecule has 3 rings (SSSR count). The van der Waals surface area contributed by atoms with Gasteiger partial charge < -0.3 is 24.7 Å². The zero-order chi connectivity index (χ0) is 19.6. The van der Waals surface area contributed by atoms with Gasteiger partial charge in [-0.25, -0.2) is 0 Å². The Kier molecular flexibility index (Phi) is 6.57. The minimum atomic E-state index is 0. The summed E-state index contributed by atoms with van der Waals surface area (Å²) < 4.78 is 21.8.